The predicted octanol–water partition coefficient (Wildman–Crippen LogP) is 5.64. The van der Waals surface area contributed by atoms with E-state index >= 15 is 0 Å². The fourth-order valence-corrected chi connectivity index (χ4v) is 3.22. The van der Waals surface area contributed by atoms with Gasteiger partial charge in [-0.3, -0.25) is 0 Å². The largest absolute Gasteiger partial charge is 0.316 e. The molecule has 0 aliphatic heterocycles. The quantitative estimate of drug-likeness (QED) is 0.466. The van der Waals surface area contributed by atoms with Gasteiger partial charge in [-0.05, 0) is 13.5 Å². The predicted molar refractivity (Wildman–Crippen MR) is 92.3 cm³/mol. The van der Waals surface area contributed by atoms with Crippen LogP contribution in [0.25, 0.3) is 0 Å². The molecule has 1 nitrogen and oxygen atoms in total. The first kappa shape index (κ1) is 19.3. The van der Waals surface area contributed by atoms with E-state index in [2.05, 4.69) is 51.8 Å². The topological polar surface area (TPSA) is 12.0 Å². The van der Waals surface area contributed by atoms with Crippen molar-refractivity contribution < 1.29 is 0 Å². The highest BCUT2D eigenvalue weighted by Gasteiger charge is 2.14. The van der Waals surface area contributed by atoms with E-state index in [0.29, 0.717) is 10.8 Å². The molecule has 0 heterocycles. The maximum absolute atomic E-state index is 3.47. The van der Waals surface area contributed by atoms with Crippen LogP contribution in [0.3, 0.4) is 0 Å². The highest BCUT2D eigenvalue weighted by Crippen LogP contribution is 2.24. The average Bonchev–Trinajstić information content (AvgIpc) is 2.35. The summed E-state index contributed by atoms with van der Waals surface area (Å²) in [7, 11) is 2.11. The van der Waals surface area contributed by atoms with E-state index in [-0.39, 0.29) is 0 Å². The third-order valence-corrected chi connectivity index (χ3v) is 4.97. The second kappa shape index (κ2) is 12.1. The third-order valence-electron chi connectivity index (χ3n) is 3.53. The van der Waals surface area contributed by atoms with Gasteiger partial charge in [0.05, 0.1) is 0 Å². The van der Waals surface area contributed by atoms with E-state index in [9.17, 15) is 0 Å². The van der Waals surface area contributed by atoms with Crippen molar-refractivity contribution in [3.8, 4) is 0 Å². The Labute approximate surface area is 126 Å². The van der Waals surface area contributed by atoms with E-state index in [4.69, 9.17) is 0 Å². The molecular weight excluding hydrogens is 250 g/mol. The van der Waals surface area contributed by atoms with Crippen molar-refractivity contribution in [2.45, 2.75) is 96.3 Å². The molecule has 0 aromatic heterocycles. The normalized spacial score (nSPS) is 13.7. The van der Waals surface area contributed by atoms with Gasteiger partial charge in [0, 0.05) is 16.5 Å². The van der Waals surface area contributed by atoms with Crippen LogP contribution in [0.2, 0.25) is 0 Å². The Morgan fingerprint density at radius 1 is 0.895 bits per heavy atom. The summed E-state index contributed by atoms with van der Waals surface area (Å²) in [5, 5.41) is 3.47. The minimum absolute atomic E-state index is 0.397. The number of rotatable bonds is 12. The van der Waals surface area contributed by atoms with Crippen LogP contribution in [0, 0.1) is 0 Å². The Morgan fingerprint density at radius 3 is 1.89 bits per heavy atom. The van der Waals surface area contributed by atoms with Crippen molar-refractivity contribution in [3.05, 3.63) is 0 Å². The Morgan fingerprint density at radius 2 is 1.42 bits per heavy atom. The summed E-state index contributed by atoms with van der Waals surface area (Å²) in [6.45, 7) is 9.20. The third kappa shape index (κ3) is 14.5. The molecule has 0 aliphatic rings. The maximum Gasteiger partial charge on any atom is 0.0155 e. The summed E-state index contributed by atoms with van der Waals surface area (Å²) in [5.41, 5.74) is 0. The molecule has 1 unspecified atom stereocenters. The lowest BCUT2D eigenvalue weighted by Gasteiger charge is -2.22. The molecule has 2 heteroatoms. The van der Waals surface area contributed by atoms with Crippen LogP contribution in [-0.4, -0.2) is 23.6 Å². The highest BCUT2D eigenvalue weighted by molar-refractivity contribution is 8.00. The minimum Gasteiger partial charge on any atom is -0.316 e. The maximum atomic E-state index is 3.47. The molecule has 0 radical (unpaired) electrons. The van der Waals surface area contributed by atoms with Crippen molar-refractivity contribution in [2.75, 3.05) is 12.8 Å². The summed E-state index contributed by atoms with van der Waals surface area (Å²) in [4.78, 5) is 0. The van der Waals surface area contributed by atoms with Crippen molar-refractivity contribution >= 4 is 11.8 Å². The number of hydrogen-bond donors (Lipinski definition) is 1. The SMILES string of the molecule is CCCCCCCCCCC(CSC(C)(C)C)NC. The van der Waals surface area contributed by atoms with Gasteiger partial charge < -0.3 is 5.32 Å². The van der Waals surface area contributed by atoms with Crippen molar-refractivity contribution in [1.29, 1.82) is 0 Å². The molecule has 0 spiro atoms. The molecule has 1 N–H and O–H groups in total. The summed E-state index contributed by atoms with van der Waals surface area (Å²) in [6, 6.07) is 0.698. The molecule has 0 bridgehead atoms. The van der Waals surface area contributed by atoms with Crippen LogP contribution in [-0.2, 0) is 0 Å². The van der Waals surface area contributed by atoms with Gasteiger partial charge >= 0.3 is 0 Å². The minimum atomic E-state index is 0.397. The first-order chi connectivity index (χ1) is 8.99. The van der Waals surface area contributed by atoms with E-state index in [1.165, 1.54) is 63.5 Å². The summed E-state index contributed by atoms with van der Waals surface area (Å²) < 4.78 is 0.397. The molecule has 0 aromatic rings. The van der Waals surface area contributed by atoms with Gasteiger partial charge in [-0.1, -0.05) is 79.1 Å². The zero-order chi connectivity index (χ0) is 14.6. The number of nitrogens with one attached hydrogen (secondary N) is 1. The Kier molecular flexibility index (Phi) is 12.3. The number of thioether (sulfide) groups is 1. The van der Waals surface area contributed by atoms with Crippen LogP contribution in [0.15, 0.2) is 0 Å². The monoisotopic (exact) mass is 287 g/mol. The molecular formula is C17H37NS. The Hall–Kier alpha value is 0.310. The van der Waals surface area contributed by atoms with Crippen molar-refractivity contribution in [2.24, 2.45) is 0 Å². The lowest BCUT2D eigenvalue weighted by Crippen LogP contribution is -2.29. The van der Waals surface area contributed by atoms with Crippen LogP contribution in [0.4, 0.5) is 0 Å². The standard InChI is InChI=1S/C17H37NS/c1-6-7-8-9-10-11-12-13-14-16(18-5)15-19-17(2,3)4/h16,18H,6-15H2,1-5H3. The molecule has 0 saturated carbocycles. The molecule has 1 atom stereocenters. The van der Waals surface area contributed by atoms with Gasteiger partial charge in [0.1, 0.15) is 0 Å². The van der Waals surface area contributed by atoms with Gasteiger partial charge in [-0.15, -0.1) is 0 Å². The van der Waals surface area contributed by atoms with E-state index in [0.717, 1.165) is 0 Å². The van der Waals surface area contributed by atoms with Gasteiger partial charge in [0.25, 0.3) is 0 Å². The molecule has 0 aromatic carbocycles. The van der Waals surface area contributed by atoms with Crippen molar-refractivity contribution in [3.63, 3.8) is 0 Å². The first-order valence-electron chi connectivity index (χ1n) is 8.31. The zero-order valence-electron chi connectivity index (χ0n) is 14.1. The molecule has 0 aliphatic carbocycles. The summed E-state index contributed by atoms with van der Waals surface area (Å²) >= 11 is 2.08. The number of unbranched alkanes of at least 4 members (excludes halogenated alkanes) is 7. The van der Waals surface area contributed by atoms with Gasteiger partial charge in [-0.2, -0.15) is 11.8 Å². The van der Waals surface area contributed by atoms with Crippen LogP contribution in [0.1, 0.15) is 85.5 Å². The molecule has 0 rings (SSSR count). The molecule has 19 heavy (non-hydrogen) atoms. The lowest BCUT2D eigenvalue weighted by molar-refractivity contribution is 0.508. The highest BCUT2D eigenvalue weighted by atomic mass is 32.2. The van der Waals surface area contributed by atoms with E-state index in [1.807, 2.05) is 0 Å². The Balaban J connectivity index is 3.41. The summed E-state index contributed by atoms with van der Waals surface area (Å²) in [6.07, 6.45) is 12.7. The van der Waals surface area contributed by atoms with Crippen LogP contribution >= 0.6 is 11.8 Å². The fourth-order valence-electron chi connectivity index (χ4n) is 2.19. The van der Waals surface area contributed by atoms with E-state index < -0.39 is 0 Å². The average molecular weight is 288 g/mol. The molecule has 0 fully saturated rings. The van der Waals surface area contributed by atoms with Gasteiger partial charge in [-0.25, -0.2) is 0 Å². The molecule has 116 valence electrons. The fraction of sp³-hybridized carbons (Fsp3) is 1.00. The molecule has 0 amide bonds. The zero-order valence-corrected chi connectivity index (χ0v) is 14.9. The molecule has 0 saturated heterocycles. The lowest BCUT2D eigenvalue weighted by atomic mass is 10.1. The van der Waals surface area contributed by atoms with Gasteiger partial charge in [0.2, 0.25) is 0 Å². The first-order valence-corrected chi connectivity index (χ1v) is 9.29. The summed E-state index contributed by atoms with van der Waals surface area (Å²) in [5.74, 6) is 1.25. The second-order valence-corrected chi connectivity index (χ2v) is 8.52. The van der Waals surface area contributed by atoms with Crippen LogP contribution in [0.5, 0.6) is 0 Å². The Bertz CT molecular complexity index is 186. The smallest absolute Gasteiger partial charge is 0.0155 e. The van der Waals surface area contributed by atoms with Gasteiger partial charge in [0.15, 0.2) is 0 Å². The van der Waals surface area contributed by atoms with Crippen LogP contribution < -0.4 is 5.32 Å². The van der Waals surface area contributed by atoms with E-state index in [1.54, 1.807) is 0 Å². The second-order valence-electron chi connectivity index (χ2n) is 6.67. The van der Waals surface area contributed by atoms with Crippen molar-refractivity contribution in [1.82, 2.24) is 5.32 Å². The number of hydrogen-bond acceptors (Lipinski definition) is 2.